The first kappa shape index (κ1) is 14.5. The normalized spacial score (nSPS) is 24.7. The van der Waals surface area contributed by atoms with Gasteiger partial charge in [-0.3, -0.25) is 0 Å². The van der Waals surface area contributed by atoms with Crippen LogP contribution in [0.15, 0.2) is 15.9 Å². The van der Waals surface area contributed by atoms with Crippen molar-refractivity contribution in [2.45, 2.75) is 58.5 Å². The number of hydrogen-bond donors (Lipinski definition) is 1. The molecular weight excluding hydrogens is 306 g/mol. The van der Waals surface area contributed by atoms with E-state index in [4.69, 9.17) is 0 Å². The van der Waals surface area contributed by atoms with Crippen molar-refractivity contribution >= 4 is 27.3 Å². The molecule has 0 radical (unpaired) electrons. The molecule has 1 fully saturated rings. The minimum atomic E-state index is 0.739. The summed E-state index contributed by atoms with van der Waals surface area (Å²) in [6.07, 6.45) is 7.00. The van der Waals surface area contributed by atoms with E-state index in [1.54, 1.807) is 0 Å². The summed E-state index contributed by atoms with van der Waals surface area (Å²) in [7, 11) is 0. The molecule has 1 aromatic heterocycles. The lowest BCUT2D eigenvalue weighted by Crippen LogP contribution is -2.33. The molecule has 1 N–H and O–H groups in total. The molecule has 0 bridgehead atoms. The van der Waals surface area contributed by atoms with Crippen molar-refractivity contribution < 1.29 is 0 Å². The molecule has 1 nitrogen and oxygen atoms in total. The highest BCUT2D eigenvalue weighted by atomic mass is 79.9. The highest BCUT2D eigenvalue weighted by Gasteiger charge is 2.22. The Morgan fingerprint density at radius 2 is 2.28 bits per heavy atom. The van der Waals surface area contributed by atoms with E-state index >= 15 is 0 Å². The van der Waals surface area contributed by atoms with Gasteiger partial charge >= 0.3 is 0 Å². The SMILES string of the molecule is CC(C)CC1CCCC(NCc2cc(Br)cs2)C1. The van der Waals surface area contributed by atoms with Crippen LogP contribution in [0.4, 0.5) is 0 Å². The van der Waals surface area contributed by atoms with Gasteiger partial charge in [-0.2, -0.15) is 0 Å². The van der Waals surface area contributed by atoms with Gasteiger partial charge in [-0.15, -0.1) is 11.3 Å². The summed E-state index contributed by atoms with van der Waals surface area (Å²) in [5, 5.41) is 5.91. The maximum Gasteiger partial charge on any atom is 0.0302 e. The van der Waals surface area contributed by atoms with Crippen LogP contribution >= 0.6 is 27.3 Å². The molecular formula is C15H24BrNS. The molecule has 1 aromatic rings. The Bertz CT molecular complexity index is 361. The summed E-state index contributed by atoms with van der Waals surface area (Å²) in [5.41, 5.74) is 0. The van der Waals surface area contributed by atoms with Crippen molar-refractivity contribution in [3.8, 4) is 0 Å². The Morgan fingerprint density at radius 3 is 2.94 bits per heavy atom. The summed E-state index contributed by atoms with van der Waals surface area (Å²) in [5.74, 6) is 1.80. The van der Waals surface area contributed by atoms with E-state index < -0.39 is 0 Å². The van der Waals surface area contributed by atoms with Crippen LogP contribution in [0, 0.1) is 11.8 Å². The lowest BCUT2D eigenvalue weighted by atomic mass is 9.81. The topological polar surface area (TPSA) is 12.0 Å². The number of thiophene rings is 1. The third kappa shape index (κ3) is 4.67. The Balaban J connectivity index is 1.75. The molecule has 0 aliphatic heterocycles. The van der Waals surface area contributed by atoms with Gasteiger partial charge in [0.25, 0.3) is 0 Å². The van der Waals surface area contributed by atoms with Crippen molar-refractivity contribution in [1.82, 2.24) is 5.32 Å². The molecule has 1 aliphatic rings. The highest BCUT2D eigenvalue weighted by molar-refractivity contribution is 9.10. The summed E-state index contributed by atoms with van der Waals surface area (Å²) in [4.78, 5) is 1.44. The van der Waals surface area contributed by atoms with Gasteiger partial charge in [-0.25, -0.2) is 0 Å². The minimum Gasteiger partial charge on any atom is -0.309 e. The molecule has 102 valence electrons. The number of rotatable bonds is 5. The zero-order valence-corrected chi connectivity index (χ0v) is 13.8. The van der Waals surface area contributed by atoms with Crippen LogP contribution in [0.3, 0.4) is 0 Å². The fraction of sp³-hybridized carbons (Fsp3) is 0.733. The van der Waals surface area contributed by atoms with Crippen LogP contribution in [0.1, 0.15) is 50.8 Å². The van der Waals surface area contributed by atoms with Crippen LogP contribution < -0.4 is 5.32 Å². The lowest BCUT2D eigenvalue weighted by Gasteiger charge is -2.30. The molecule has 18 heavy (non-hydrogen) atoms. The van der Waals surface area contributed by atoms with Gasteiger partial charge in [0, 0.05) is 27.3 Å². The van der Waals surface area contributed by atoms with Crippen molar-refractivity contribution in [2.24, 2.45) is 11.8 Å². The Morgan fingerprint density at radius 1 is 1.44 bits per heavy atom. The zero-order chi connectivity index (χ0) is 13.0. The van der Waals surface area contributed by atoms with Crippen molar-refractivity contribution in [1.29, 1.82) is 0 Å². The molecule has 2 rings (SSSR count). The molecule has 2 unspecified atom stereocenters. The monoisotopic (exact) mass is 329 g/mol. The van der Waals surface area contributed by atoms with Crippen LogP contribution in [-0.4, -0.2) is 6.04 Å². The second-order valence-corrected chi connectivity index (χ2v) is 7.88. The van der Waals surface area contributed by atoms with Crippen LogP contribution in [0.2, 0.25) is 0 Å². The van der Waals surface area contributed by atoms with Gasteiger partial charge in [0.15, 0.2) is 0 Å². The van der Waals surface area contributed by atoms with Gasteiger partial charge in [0.1, 0.15) is 0 Å². The van der Waals surface area contributed by atoms with E-state index in [1.165, 1.54) is 41.5 Å². The van der Waals surface area contributed by atoms with Crippen LogP contribution in [0.5, 0.6) is 0 Å². The first-order valence-corrected chi connectivity index (χ1v) is 8.77. The van der Waals surface area contributed by atoms with Gasteiger partial charge < -0.3 is 5.32 Å². The molecule has 1 saturated carbocycles. The summed E-state index contributed by atoms with van der Waals surface area (Å²) in [6, 6.07) is 2.97. The molecule has 1 aliphatic carbocycles. The fourth-order valence-corrected chi connectivity index (χ4v) is 4.45. The average Bonchev–Trinajstić information content (AvgIpc) is 2.72. The number of nitrogens with one attached hydrogen (secondary N) is 1. The Kier molecular flexibility index (Phi) is 5.71. The lowest BCUT2D eigenvalue weighted by molar-refractivity contribution is 0.252. The van der Waals surface area contributed by atoms with Gasteiger partial charge in [0.05, 0.1) is 0 Å². The second-order valence-electron chi connectivity index (χ2n) is 5.97. The molecule has 3 heteroatoms. The summed E-state index contributed by atoms with van der Waals surface area (Å²) in [6.45, 7) is 5.73. The first-order chi connectivity index (χ1) is 8.63. The van der Waals surface area contributed by atoms with Crippen molar-refractivity contribution in [3.63, 3.8) is 0 Å². The van der Waals surface area contributed by atoms with E-state index in [0.717, 1.165) is 24.4 Å². The van der Waals surface area contributed by atoms with Gasteiger partial charge in [-0.05, 0) is 53.1 Å². The van der Waals surface area contributed by atoms with Gasteiger partial charge in [-0.1, -0.05) is 26.7 Å². The standard InChI is InChI=1S/C15H24BrNS/c1-11(2)6-12-4-3-5-14(7-12)17-9-15-8-13(16)10-18-15/h8,10-12,14,17H,3-7,9H2,1-2H3. The zero-order valence-electron chi connectivity index (χ0n) is 11.4. The van der Waals surface area contributed by atoms with E-state index in [0.29, 0.717) is 0 Å². The molecule has 0 saturated heterocycles. The number of halogens is 1. The van der Waals surface area contributed by atoms with Crippen LogP contribution in [-0.2, 0) is 6.54 Å². The molecule has 2 atom stereocenters. The molecule has 0 aromatic carbocycles. The summed E-state index contributed by atoms with van der Waals surface area (Å²) < 4.78 is 1.21. The predicted molar refractivity (Wildman–Crippen MR) is 84.1 cm³/mol. The molecule has 1 heterocycles. The van der Waals surface area contributed by atoms with Gasteiger partial charge in [0.2, 0.25) is 0 Å². The average molecular weight is 330 g/mol. The first-order valence-electron chi connectivity index (χ1n) is 7.09. The predicted octanol–water partition coefficient (Wildman–Crippen LogP) is 5.21. The number of hydrogen-bond acceptors (Lipinski definition) is 2. The minimum absolute atomic E-state index is 0.739. The highest BCUT2D eigenvalue weighted by Crippen LogP contribution is 2.29. The van der Waals surface area contributed by atoms with E-state index in [1.807, 2.05) is 11.3 Å². The maximum absolute atomic E-state index is 3.74. The fourth-order valence-electron chi connectivity index (χ4n) is 3.05. The third-order valence-corrected chi connectivity index (χ3v) is 5.47. The largest absolute Gasteiger partial charge is 0.309 e. The van der Waals surface area contributed by atoms with E-state index in [9.17, 15) is 0 Å². The van der Waals surface area contributed by atoms with Crippen LogP contribution in [0.25, 0.3) is 0 Å². The quantitative estimate of drug-likeness (QED) is 0.782. The van der Waals surface area contributed by atoms with E-state index in [-0.39, 0.29) is 0 Å². The summed E-state index contributed by atoms with van der Waals surface area (Å²) >= 11 is 5.36. The van der Waals surface area contributed by atoms with E-state index in [2.05, 4.69) is 46.5 Å². The molecule has 0 spiro atoms. The van der Waals surface area contributed by atoms with Crippen molar-refractivity contribution in [3.05, 3.63) is 20.8 Å². The smallest absolute Gasteiger partial charge is 0.0302 e. The maximum atomic E-state index is 3.74. The van der Waals surface area contributed by atoms with Crippen molar-refractivity contribution in [2.75, 3.05) is 0 Å². The Labute approximate surface area is 123 Å². The third-order valence-electron chi connectivity index (χ3n) is 3.77. The second kappa shape index (κ2) is 7.06. The molecule has 0 amide bonds. The Hall–Kier alpha value is 0.140.